The Hall–Kier alpha value is -3.16. The summed E-state index contributed by atoms with van der Waals surface area (Å²) < 4.78 is 23.6. The number of carbonyl (C=O) groups is 1. The number of benzene rings is 2. The number of carbonyl (C=O) groups excluding carboxylic acids is 1. The number of nitrogens with zero attached hydrogens (tertiary/aromatic N) is 1. The lowest BCUT2D eigenvalue weighted by atomic mass is 10.1. The number of hydrogen-bond acceptors (Lipinski definition) is 5. The van der Waals surface area contributed by atoms with E-state index in [2.05, 4.69) is 5.32 Å². The minimum absolute atomic E-state index is 0.172. The first-order chi connectivity index (χ1) is 11.9. The maximum absolute atomic E-state index is 13.2. The van der Waals surface area contributed by atoms with Crippen molar-refractivity contribution in [2.24, 2.45) is 0 Å². The van der Waals surface area contributed by atoms with E-state index in [1.165, 1.54) is 31.4 Å². The molecule has 0 bridgehead atoms. The van der Waals surface area contributed by atoms with E-state index in [0.717, 1.165) is 6.07 Å². The summed E-state index contributed by atoms with van der Waals surface area (Å²) in [6.07, 6.45) is 0. The molecule has 0 atom stereocenters. The van der Waals surface area contributed by atoms with Crippen LogP contribution < -0.4 is 14.8 Å². The number of amides is 1. The Morgan fingerprint density at radius 3 is 2.56 bits per heavy atom. The third-order valence-electron chi connectivity index (χ3n) is 3.46. The number of nitrogens with one attached hydrogen (secondary N) is 1. The topological polar surface area (TPSA) is 90.7 Å². The van der Waals surface area contributed by atoms with Crippen LogP contribution in [0.25, 0.3) is 0 Å². The first-order valence-electron chi connectivity index (χ1n) is 7.44. The smallest absolute Gasteiger partial charge is 0.286 e. The Balaban J connectivity index is 2.45. The summed E-state index contributed by atoms with van der Waals surface area (Å²) in [5.41, 5.74) is 0.248. The zero-order valence-corrected chi connectivity index (χ0v) is 14.0. The van der Waals surface area contributed by atoms with Gasteiger partial charge in [-0.3, -0.25) is 14.9 Å². The Morgan fingerprint density at radius 2 is 2.00 bits per heavy atom. The largest absolute Gasteiger partial charge is 0.493 e. The molecule has 25 heavy (non-hydrogen) atoms. The summed E-state index contributed by atoms with van der Waals surface area (Å²) >= 11 is 0. The van der Waals surface area contributed by atoms with E-state index in [1.54, 1.807) is 13.8 Å². The van der Waals surface area contributed by atoms with E-state index < -0.39 is 22.3 Å². The molecule has 0 heterocycles. The lowest BCUT2D eigenvalue weighted by molar-refractivity contribution is -0.385. The second-order valence-corrected chi connectivity index (χ2v) is 5.12. The number of nitro groups is 1. The maximum Gasteiger partial charge on any atom is 0.286 e. The third-order valence-corrected chi connectivity index (χ3v) is 3.46. The van der Waals surface area contributed by atoms with Crippen LogP contribution in [-0.2, 0) is 0 Å². The van der Waals surface area contributed by atoms with Gasteiger partial charge >= 0.3 is 0 Å². The van der Waals surface area contributed by atoms with Gasteiger partial charge in [0, 0.05) is 11.8 Å². The molecular weight excluding hydrogens is 331 g/mol. The average Bonchev–Trinajstić information content (AvgIpc) is 2.57. The monoisotopic (exact) mass is 348 g/mol. The summed E-state index contributed by atoms with van der Waals surface area (Å²) in [6, 6.07) is 6.23. The van der Waals surface area contributed by atoms with Crippen molar-refractivity contribution in [3.63, 3.8) is 0 Å². The van der Waals surface area contributed by atoms with Crippen molar-refractivity contribution in [3.05, 3.63) is 57.4 Å². The van der Waals surface area contributed by atoms with Gasteiger partial charge in [0.2, 0.25) is 0 Å². The van der Waals surface area contributed by atoms with E-state index in [9.17, 15) is 19.3 Å². The molecule has 7 nitrogen and oxygen atoms in total. The second kappa shape index (κ2) is 7.61. The Bertz CT molecular complexity index is 823. The summed E-state index contributed by atoms with van der Waals surface area (Å²) in [4.78, 5) is 23.2. The molecule has 132 valence electrons. The Kier molecular flexibility index (Phi) is 5.53. The normalized spacial score (nSPS) is 10.2. The van der Waals surface area contributed by atoms with Gasteiger partial charge in [0.15, 0.2) is 11.5 Å². The third kappa shape index (κ3) is 4.03. The highest BCUT2D eigenvalue weighted by Gasteiger charge is 2.25. The molecule has 0 aliphatic carbocycles. The molecule has 0 saturated heterocycles. The van der Waals surface area contributed by atoms with E-state index in [-0.39, 0.29) is 23.7 Å². The molecule has 2 rings (SSSR count). The SMILES string of the molecule is CCOc1cc([N+](=O)[O-])c(C(=O)Nc2ccc(F)cc2C)cc1OC. The number of ether oxygens (including phenoxy) is 2. The molecule has 8 heteroatoms. The summed E-state index contributed by atoms with van der Waals surface area (Å²) in [5.74, 6) is -0.772. The van der Waals surface area contributed by atoms with Crippen molar-refractivity contribution >= 4 is 17.3 Å². The predicted molar refractivity (Wildman–Crippen MR) is 89.9 cm³/mol. The quantitative estimate of drug-likeness (QED) is 0.635. The van der Waals surface area contributed by atoms with Gasteiger partial charge in [-0.15, -0.1) is 0 Å². The molecule has 1 amide bonds. The number of hydrogen-bond donors (Lipinski definition) is 1. The van der Waals surface area contributed by atoms with Crippen molar-refractivity contribution in [2.45, 2.75) is 13.8 Å². The fourth-order valence-corrected chi connectivity index (χ4v) is 2.27. The lowest BCUT2D eigenvalue weighted by Gasteiger charge is -2.13. The number of anilines is 1. The molecule has 2 aromatic carbocycles. The standard InChI is InChI=1S/C17H17FN2O5/c1-4-25-16-9-14(20(22)23)12(8-15(16)24-3)17(21)19-13-6-5-11(18)7-10(13)2/h5-9H,4H2,1-3H3,(H,19,21). The van der Waals surface area contributed by atoms with Gasteiger partial charge in [-0.05, 0) is 37.6 Å². The van der Waals surface area contributed by atoms with Gasteiger partial charge in [-0.2, -0.15) is 0 Å². The summed E-state index contributed by atoms with van der Waals surface area (Å²) in [6.45, 7) is 3.63. The van der Waals surface area contributed by atoms with Crippen LogP contribution in [-0.4, -0.2) is 24.5 Å². The predicted octanol–water partition coefficient (Wildman–Crippen LogP) is 3.70. The van der Waals surface area contributed by atoms with Crippen molar-refractivity contribution in [1.29, 1.82) is 0 Å². The summed E-state index contributed by atoms with van der Waals surface area (Å²) in [5, 5.41) is 13.9. The molecule has 0 aliphatic rings. The highest BCUT2D eigenvalue weighted by molar-refractivity contribution is 6.07. The minimum atomic E-state index is -0.706. The molecule has 0 unspecified atom stereocenters. The van der Waals surface area contributed by atoms with E-state index in [1.807, 2.05) is 0 Å². The molecule has 0 aliphatic heterocycles. The number of methoxy groups -OCH3 is 1. The van der Waals surface area contributed by atoms with Gasteiger partial charge in [0.05, 0.1) is 24.7 Å². The van der Waals surface area contributed by atoms with E-state index >= 15 is 0 Å². The van der Waals surface area contributed by atoms with E-state index in [4.69, 9.17) is 9.47 Å². The number of rotatable bonds is 6. The number of halogens is 1. The fourth-order valence-electron chi connectivity index (χ4n) is 2.27. The lowest BCUT2D eigenvalue weighted by Crippen LogP contribution is -2.15. The summed E-state index contributed by atoms with van der Waals surface area (Å²) in [7, 11) is 1.37. The maximum atomic E-state index is 13.2. The molecule has 0 aromatic heterocycles. The fraction of sp³-hybridized carbons (Fsp3) is 0.235. The number of nitro benzene ring substituents is 1. The number of aryl methyl sites for hydroxylation is 1. The molecule has 0 spiro atoms. The zero-order chi connectivity index (χ0) is 18.6. The van der Waals surface area contributed by atoms with Crippen LogP contribution in [0.1, 0.15) is 22.8 Å². The average molecular weight is 348 g/mol. The van der Waals surface area contributed by atoms with Gasteiger partial charge in [0.25, 0.3) is 11.6 Å². The van der Waals surface area contributed by atoms with Crippen LogP contribution in [0.2, 0.25) is 0 Å². The Labute approximate surface area is 143 Å². The van der Waals surface area contributed by atoms with Crippen LogP contribution in [0.4, 0.5) is 15.8 Å². The Morgan fingerprint density at radius 1 is 1.28 bits per heavy atom. The first kappa shape index (κ1) is 18.2. The van der Waals surface area contributed by atoms with Crippen LogP contribution in [0.5, 0.6) is 11.5 Å². The van der Waals surface area contributed by atoms with Gasteiger partial charge in [-0.1, -0.05) is 0 Å². The van der Waals surface area contributed by atoms with Gasteiger partial charge < -0.3 is 14.8 Å². The molecule has 0 saturated carbocycles. The zero-order valence-electron chi connectivity index (χ0n) is 14.0. The van der Waals surface area contributed by atoms with Crippen molar-refractivity contribution in [2.75, 3.05) is 19.0 Å². The molecule has 0 radical (unpaired) electrons. The van der Waals surface area contributed by atoms with Crippen LogP contribution in [0.3, 0.4) is 0 Å². The minimum Gasteiger partial charge on any atom is -0.493 e. The van der Waals surface area contributed by atoms with Crippen molar-refractivity contribution in [1.82, 2.24) is 0 Å². The molecule has 1 N–H and O–H groups in total. The van der Waals surface area contributed by atoms with Crippen LogP contribution >= 0.6 is 0 Å². The van der Waals surface area contributed by atoms with Crippen molar-refractivity contribution < 1.29 is 23.6 Å². The molecular formula is C17H17FN2O5. The van der Waals surface area contributed by atoms with Crippen LogP contribution in [0.15, 0.2) is 30.3 Å². The highest BCUT2D eigenvalue weighted by atomic mass is 19.1. The first-order valence-corrected chi connectivity index (χ1v) is 7.44. The van der Waals surface area contributed by atoms with E-state index in [0.29, 0.717) is 11.3 Å². The second-order valence-electron chi connectivity index (χ2n) is 5.12. The van der Waals surface area contributed by atoms with Gasteiger partial charge in [-0.25, -0.2) is 4.39 Å². The van der Waals surface area contributed by atoms with Gasteiger partial charge in [0.1, 0.15) is 11.4 Å². The molecule has 2 aromatic rings. The molecule has 0 fully saturated rings. The van der Waals surface area contributed by atoms with Crippen molar-refractivity contribution in [3.8, 4) is 11.5 Å². The highest BCUT2D eigenvalue weighted by Crippen LogP contribution is 2.35. The van der Waals surface area contributed by atoms with Crippen LogP contribution in [0, 0.1) is 22.9 Å².